The monoisotopic (exact) mass is 305 g/mol. The molecule has 1 heterocycles. The van der Waals surface area contributed by atoms with Crippen LogP contribution in [0.25, 0.3) is 0 Å². The van der Waals surface area contributed by atoms with Crippen molar-refractivity contribution in [1.29, 1.82) is 0 Å². The Hall–Kier alpha value is -2.37. The van der Waals surface area contributed by atoms with Gasteiger partial charge in [-0.3, -0.25) is 9.48 Å². The van der Waals surface area contributed by atoms with Gasteiger partial charge in [0.25, 0.3) is 5.91 Å². The molecule has 0 radical (unpaired) electrons. The minimum Gasteiger partial charge on any atom is -0.496 e. The van der Waals surface area contributed by atoms with Gasteiger partial charge < -0.3 is 10.1 Å². The van der Waals surface area contributed by atoms with Crippen LogP contribution in [0, 0.1) is 12.7 Å². The number of methoxy groups -OCH3 is 1. The Labute approximate surface area is 129 Å². The quantitative estimate of drug-likeness (QED) is 0.924. The van der Waals surface area contributed by atoms with E-state index in [1.807, 2.05) is 13.8 Å². The number of benzene rings is 1. The molecular formula is C16H20FN3O2. The number of nitrogens with one attached hydrogen (secondary N) is 1. The maximum absolute atomic E-state index is 14.0. The first-order valence-corrected chi connectivity index (χ1v) is 7.15. The molecule has 1 aromatic carbocycles. The number of nitrogens with zero attached hydrogens (tertiary/aromatic N) is 2. The molecule has 0 bridgehead atoms. The minimum atomic E-state index is -0.524. The van der Waals surface area contributed by atoms with Crippen LogP contribution in [-0.2, 0) is 6.54 Å². The summed E-state index contributed by atoms with van der Waals surface area (Å²) in [4.78, 5) is 12.4. The molecule has 1 unspecified atom stereocenters. The predicted octanol–water partition coefficient (Wildman–Crippen LogP) is 2.85. The average Bonchev–Trinajstić information content (AvgIpc) is 2.87. The Balaban J connectivity index is 2.25. The van der Waals surface area contributed by atoms with Gasteiger partial charge in [-0.05, 0) is 39.0 Å². The first kappa shape index (κ1) is 16.0. The fraction of sp³-hybridized carbons (Fsp3) is 0.375. The highest BCUT2D eigenvalue weighted by Gasteiger charge is 2.21. The summed E-state index contributed by atoms with van der Waals surface area (Å²) >= 11 is 0. The van der Waals surface area contributed by atoms with Crippen molar-refractivity contribution in [3.05, 3.63) is 47.0 Å². The van der Waals surface area contributed by atoms with Gasteiger partial charge in [0.2, 0.25) is 0 Å². The molecule has 0 aliphatic heterocycles. The molecule has 22 heavy (non-hydrogen) atoms. The normalized spacial score (nSPS) is 12.0. The van der Waals surface area contributed by atoms with Gasteiger partial charge in [-0.25, -0.2) is 4.39 Å². The highest BCUT2D eigenvalue weighted by Crippen LogP contribution is 2.27. The highest BCUT2D eigenvalue weighted by atomic mass is 19.1. The molecule has 0 aliphatic rings. The smallest absolute Gasteiger partial charge is 0.270 e. The Kier molecular flexibility index (Phi) is 4.80. The molecule has 0 saturated heterocycles. The van der Waals surface area contributed by atoms with Gasteiger partial charge in [0.1, 0.15) is 17.3 Å². The number of hydrogen-bond acceptors (Lipinski definition) is 3. The van der Waals surface area contributed by atoms with Crippen molar-refractivity contribution < 1.29 is 13.9 Å². The van der Waals surface area contributed by atoms with Crippen molar-refractivity contribution in [2.75, 3.05) is 7.11 Å². The van der Waals surface area contributed by atoms with Crippen molar-refractivity contribution >= 4 is 5.91 Å². The zero-order valence-electron chi connectivity index (χ0n) is 13.2. The third-order valence-electron chi connectivity index (χ3n) is 3.45. The highest BCUT2D eigenvalue weighted by molar-refractivity contribution is 5.93. The number of amides is 1. The first-order valence-electron chi connectivity index (χ1n) is 7.15. The third kappa shape index (κ3) is 3.10. The minimum absolute atomic E-state index is 0.291. The van der Waals surface area contributed by atoms with E-state index in [1.165, 1.54) is 13.2 Å². The molecular weight excluding hydrogens is 285 g/mol. The van der Waals surface area contributed by atoms with Crippen LogP contribution in [0.2, 0.25) is 0 Å². The standard InChI is InChI=1S/C16H20FN3O2/c1-5-20-13(9-10(2)19-20)16(21)18-11(3)15-12(17)7-6-8-14(15)22-4/h6-9,11H,5H2,1-4H3,(H,18,21). The fourth-order valence-electron chi connectivity index (χ4n) is 2.43. The Morgan fingerprint density at radius 1 is 1.50 bits per heavy atom. The van der Waals surface area contributed by atoms with E-state index >= 15 is 0 Å². The number of carbonyl (C=O) groups is 1. The molecule has 0 spiro atoms. The zero-order chi connectivity index (χ0) is 16.3. The summed E-state index contributed by atoms with van der Waals surface area (Å²) in [5.74, 6) is -0.291. The number of carbonyl (C=O) groups excluding carboxylic acids is 1. The van der Waals surface area contributed by atoms with Crippen molar-refractivity contribution in [3.8, 4) is 5.75 Å². The first-order chi connectivity index (χ1) is 10.5. The van der Waals surface area contributed by atoms with Gasteiger partial charge in [-0.2, -0.15) is 5.10 Å². The van der Waals surface area contributed by atoms with Crippen LogP contribution >= 0.6 is 0 Å². The van der Waals surface area contributed by atoms with Gasteiger partial charge >= 0.3 is 0 Å². The topological polar surface area (TPSA) is 56.2 Å². The second-order valence-corrected chi connectivity index (χ2v) is 5.04. The van der Waals surface area contributed by atoms with Crippen LogP contribution < -0.4 is 10.1 Å². The van der Waals surface area contributed by atoms with E-state index in [1.54, 1.807) is 29.8 Å². The number of ether oxygens (including phenoxy) is 1. The van der Waals surface area contributed by atoms with E-state index in [-0.39, 0.29) is 5.91 Å². The summed E-state index contributed by atoms with van der Waals surface area (Å²) < 4.78 is 20.8. The third-order valence-corrected chi connectivity index (χ3v) is 3.45. The number of aromatic nitrogens is 2. The zero-order valence-corrected chi connectivity index (χ0v) is 13.2. The molecule has 2 rings (SSSR count). The van der Waals surface area contributed by atoms with Crippen LogP contribution in [0.1, 0.15) is 41.6 Å². The van der Waals surface area contributed by atoms with Crippen LogP contribution in [0.15, 0.2) is 24.3 Å². The lowest BCUT2D eigenvalue weighted by molar-refractivity contribution is 0.0928. The van der Waals surface area contributed by atoms with Crippen LogP contribution in [-0.4, -0.2) is 22.8 Å². The number of rotatable bonds is 5. The lowest BCUT2D eigenvalue weighted by Gasteiger charge is -2.18. The Morgan fingerprint density at radius 3 is 2.86 bits per heavy atom. The van der Waals surface area contributed by atoms with Crippen LogP contribution in [0.4, 0.5) is 4.39 Å². The molecule has 1 aromatic heterocycles. The van der Waals surface area contributed by atoms with Gasteiger partial charge in [0, 0.05) is 6.54 Å². The molecule has 1 atom stereocenters. The SMILES string of the molecule is CCn1nc(C)cc1C(=O)NC(C)c1c(F)cccc1OC. The lowest BCUT2D eigenvalue weighted by Crippen LogP contribution is -2.29. The molecule has 0 saturated carbocycles. The van der Waals surface area contributed by atoms with Gasteiger partial charge in [0.05, 0.1) is 24.4 Å². The van der Waals surface area contributed by atoms with Crippen molar-refractivity contribution in [3.63, 3.8) is 0 Å². The van der Waals surface area contributed by atoms with E-state index in [0.717, 1.165) is 5.69 Å². The predicted molar refractivity (Wildman–Crippen MR) is 81.5 cm³/mol. The number of hydrogen-bond donors (Lipinski definition) is 1. The molecule has 5 nitrogen and oxygen atoms in total. The van der Waals surface area contributed by atoms with E-state index in [4.69, 9.17) is 4.74 Å². The van der Waals surface area contributed by atoms with E-state index in [9.17, 15) is 9.18 Å². The molecule has 1 amide bonds. The summed E-state index contributed by atoms with van der Waals surface area (Å²) in [6.45, 7) is 6.05. The van der Waals surface area contributed by atoms with Crippen LogP contribution in [0.5, 0.6) is 5.75 Å². The van der Waals surface area contributed by atoms with E-state index in [2.05, 4.69) is 10.4 Å². The second-order valence-electron chi connectivity index (χ2n) is 5.04. The van der Waals surface area contributed by atoms with Crippen LogP contribution in [0.3, 0.4) is 0 Å². The summed E-state index contributed by atoms with van der Waals surface area (Å²) in [6, 6.07) is 5.78. The summed E-state index contributed by atoms with van der Waals surface area (Å²) in [7, 11) is 1.47. The van der Waals surface area contributed by atoms with Crippen molar-refractivity contribution in [1.82, 2.24) is 15.1 Å². The number of halogens is 1. The number of aryl methyl sites for hydroxylation is 2. The largest absolute Gasteiger partial charge is 0.496 e. The van der Waals surface area contributed by atoms with Gasteiger partial charge in [-0.15, -0.1) is 0 Å². The van der Waals surface area contributed by atoms with Crippen molar-refractivity contribution in [2.45, 2.75) is 33.4 Å². The average molecular weight is 305 g/mol. The van der Waals surface area contributed by atoms with E-state index < -0.39 is 11.9 Å². The Morgan fingerprint density at radius 2 is 2.23 bits per heavy atom. The molecule has 0 fully saturated rings. The summed E-state index contributed by atoms with van der Waals surface area (Å²) in [5.41, 5.74) is 1.56. The molecule has 2 aromatic rings. The molecule has 1 N–H and O–H groups in total. The fourth-order valence-corrected chi connectivity index (χ4v) is 2.43. The van der Waals surface area contributed by atoms with Gasteiger partial charge in [0.15, 0.2) is 0 Å². The maximum atomic E-state index is 14.0. The summed E-state index contributed by atoms with van der Waals surface area (Å²) in [6.07, 6.45) is 0. The molecule has 0 aliphatic carbocycles. The van der Waals surface area contributed by atoms with Gasteiger partial charge in [-0.1, -0.05) is 6.07 Å². The summed E-state index contributed by atoms with van der Waals surface area (Å²) in [5, 5.41) is 7.03. The Bertz CT molecular complexity index is 682. The van der Waals surface area contributed by atoms with Crippen molar-refractivity contribution in [2.24, 2.45) is 0 Å². The molecule has 6 heteroatoms. The maximum Gasteiger partial charge on any atom is 0.270 e. The second kappa shape index (κ2) is 6.60. The molecule has 118 valence electrons. The lowest BCUT2D eigenvalue weighted by atomic mass is 10.1. The van der Waals surface area contributed by atoms with E-state index in [0.29, 0.717) is 23.6 Å².